The minimum atomic E-state index is -0.674. The van der Waals surface area contributed by atoms with Gasteiger partial charge >= 0.3 is 5.69 Å². The van der Waals surface area contributed by atoms with E-state index in [0.29, 0.717) is 22.9 Å². The van der Waals surface area contributed by atoms with Crippen molar-refractivity contribution in [3.05, 3.63) is 64.5 Å². The molecule has 0 radical (unpaired) electrons. The second-order valence-corrected chi connectivity index (χ2v) is 6.15. The Labute approximate surface area is 182 Å². The van der Waals surface area contributed by atoms with Gasteiger partial charge in [0.15, 0.2) is 0 Å². The molecule has 12 nitrogen and oxygen atoms in total. The molecule has 1 aromatic heterocycles. The van der Waals surface area contributed by atoms with Gasteiger partial charge < -0.3 is 19.5 Å². The summed E-state index contributed by atoms with van der Waals surface area (Å²) in [5.41, 5.74) is 4.99. The molecule has 0 atom stereocenters. The van der Waals surface area contributed by atoms with Crippen LogP contribution in [0, 0.1) is 10.1 Å². The highest BCUT2D eigenvalue weighted by Gasteiger charge is 2.25. The number of benzene rings is 2. The standard InChI is InChI=1S/C20H20N6O6/c1-30-12-8-9-16(32-3)14(10-12)23-18-17(26(28)29)19(22-11-21-18)24-25-20(27)13-6-4-5-7-15(13)31-2/h4-11H,1-3H3,(H,25,27)(H2,21,22,23,24). The molecule has 12 heteroatoms. The van der Waals surface area contributed by atoms with Crippen LogP contribution < -0.4 is 30.4 Å². The first-order chi connectivity index (χ1) is 15.5. The maximum atomic E-state index is 12.5. The number of carbonyl (C=O) groups is 1. The maximum Gasteiger partial charge on any atom is 0.355 e. The van der Waals surface area contributed by atoms with Gasteiger partial charge in [0.2, 0.25) is 11.6 Å². The van der Waals surface area contributed by atoms with E-state index >= 15 is 0 Å². The first kappa shape index (κ1) is 22.1. The van der Waals surface area contributed by atoms with Gasteiger partial charge in [0.25, 0.3) is 5.91 Å². The van der Waals surface area contributed by atoms with Crippen molar-refractivity contribution in [3.63, 3.8) is 0 Å². The summed E-state index contributed by atoms with van der Waals surface area (Å²) in [6.45, 7) is 0. The number of nitrogens with zero attached hydrogens (tertiary/aromatic N) is 3. The number of hydrogen-bond acceptors (Lipinski definition) is 10. The molecule has 0 bridgehead atoms. The molecule has 166 valence electrons. The highest BCUT2D eigenvalue weighted by Crippen LogP contribution is 2.35. The average Bonchev–Trinajstić information content (AvgIpc) is 2.82. The SMILES string of the molecule is COc1ccc(OC)c(Nc2ncnc(NNC(=O)c3ccccc3OC)c2[N+](=O)[O-])c1. The van der Waals surface area contributed by atoms with Crippen molar-refractivity contribution >= 4 is 28.9 Å². The Kier molecular flexibility index (Phi) is 6.85. The molecule has 0 aliphatic rings. The summed E-state index contributed by atoms with van der Waals surface area (Å²) in [7, 11) is 4.38. The second-order valence-electron chi connectivity index (χ2n) is 6.15. The summed E-state index contributed by atoms with van der Waals surface area (Å²) in [4.78, 5) is 31.5. The van der Waals surface area contributed by atoms with Crippen LogP contribution >= 0.6 is 0 Å². The third-order valence-corrected chi connectivity index (χ3v) is 4.31. The van der Waals surface area contributed by atoms with Crippen LogP contribution in [0.15, 0.2) is 48.8 Å². The minimum absolute atomic E-state index is 0.120. The van der Waals surface area contributed by atoms with Crippen molar-refractivity contribution in [2.24, 2.45) is 0 Å². The fourth-order valence-corrected chi connectivity index (χ4v) is 2.79. The molecule has 0 saturated heterocycles. The van der Waals surface area contributed by atoms with E-state index in [4.69, 9.17) is 14.2 Å². The number of hydrazine groups is 1. The molecule has 0 spiro atoms. The molecule has 32 heavy (non-hydrogen) atoms. The lowest BCUT2D eigenvalue weighted by molar-refractivity contribution is -0.383. The Morgan fingerprint density at radius 3 is 2.38 bits per heavy atom. The largest absolute Gasteiger partial charge is 0.497 e. The number of aromatic nitrogens is 2. The van der Waals surface area contributed by atoms with Crippen molar-refractivity contribution < 1.29 is 23.9 Å². The summed E-state index contributed by atoms with van der Waals surface area (Å²) in [6, 6.07) is 11.5. The predicted octanol–water partition coefficient (Wildman–Crippen LogP) is 2.91. The summed E-state index contributed by atoms with van der Waals surface area (Å²) in [6.07, 6.45) is 1.11. The number of carbonyl (C=O) groups excluding carboxylic acids is 1. The minimum Gasteiger partial charge on any atom is -0.497 e. The van der Waals surface area contributed by atoms with Gasteiger partial charge in [0.1, 0.15) is 23.6 Å². The molecule has 0 fully saturated rings. The zero-order chi connectivity index (χ0) is 23.1. The van der Waals surface area contributed by atoms with Gasteiger partial charge in [0, 0.05) is 6.07 Å². The zero-order valence-electron chi connectivity index (χ0n) is 17.4. The van der Waals surface area contributed by atoms with E-state index in [1.165, 1.54) is 21.3 Å². The fraction of sp³-hybridized carbons (Fsp3) is 0.150. The third-order valence-electron chi connectivity index (χ3n) is 4.31. The number of nitro groups is 1. The smallest absolute Gasteiger partial charge is 0.355 e. The molecule has 1 heterocycles. The van der Waals surface area contributed by atoms with Crippen molar-refractivity contribution in [3.8, 4) is 17.2 Å². The highest BCUT2D eigenvalue weighted by atomic mass is 16.6. The molecule has 0 saturated carbocycles. The van der Waals surface area contributed by atoms with Gasteiger partial charge in [-0.2, -0.15) is 0 Å². The topological polar surface area (TPSA) is 150 Å². The van der Waals surface area contributed by atoms with E-state index in [1.807, 2.05) is 0 Å². The number of anilines is 3. The number of amides is 1. The first-order valence-electron chi connectivity index (χ1n) is 9.16. The molecular formula is C20H20N6O6. The number of para-hydroxylation sites is 1. The maximum absolute atomic E-state index is 12.5. The summed E-state index contributed by atoms with van der Waals surface area (Å²) < 4.78 is 15.6. The van der Waals surface area contributed by atoms with E-state index in [2.05, 4.69) is 26.1 Å². The van der Waals surface area contributed by atoms with Gasteiger partial charge in [-0.1, -0.05) is 12.1 Å². The lowest BCUT2D eigenvalue weighted by Crippen LogP contribution is -2.30. The highest BCUT2D eigenvalue weighted by molar-refractivity contribution is 5.97. The van der Waals surface area contributed by atoms with Crippen molar-refractivity contribution in [2.75, 3.05) is 32.1 Å². The van der Waals surface area contributed by atoms with E-state index in [0.717, 1.165) is 6.33 Å². The Hall–Kier alpha value is -4.61. The fourth-order valence-electron chi connectivity index (χ4n) is 2.79. The van der Waals surface area contributed by atoms with Crippen LogP contribution in [0.25, 0.3) is 0 Å². The van der Waals surface area contributed by atoms with E-state index in [-0.39, 0.29) is 17.2 Å². The number of hydrogen-bond donors (Lipinski definition) is 3. The van der Waals surface area contributed by atoms with Crippen LogP contribution in [0.5, 0.6) is 17.2 Å². The lowest BCUT2D eigenvalue weighted by Gasteiger charge is -2.14. The number of methoxy groups -OCH3 is 3. The van der Waals surface area contributed by atoms with E-state index in [9.17, 15) is 14.9 Å². The number of ether oxygens (including phenoxy) is 3. The van der Waals surface area contributed by atoms with Crippen molar-refractivity contribution in [1.82, 2.24) is 15.4 Å². The Morgan fingerprint density at radius 1 is 0.969 bits per heavy atom. The van der Waals surface area contributed by atoms with Crippen LogP contribution in [-0.2, 0) is 0 Å². The van der Waals surface area contributed by atoms with Crippen molar-refractivity contribution in [2.45, 2.75) is 0 Å². The van der Waals surface area contributed by atoms with Gasteiger partial charge in [-0.05, 0) is 24.3 Å². The number of nitrogens with one attached hydrogen (secondary N) is 3. The monoisotopic (exact) mass is 440 g/mol. The zero-order valence-corrected chi connectivity index (χ0v) is 17.4. The lowest BCUT2D eigenvalue weighted by atomic mass is 10.2. The molecule has 3 N–H and O–H groups in total. The van der Waals surface area contributed by atoms with Gasteiger partial charge in [-0.25, -0.2) is 9.97 Å². The first-order valence-corrected chi connectivity index (χ1v) is 9.16. The molecule has 0 aliphatic heterocycles. The second kappa shape index (κ2) is 9.93. The van der Waals surface area contributed by atoms with Gasteiger partial charge in [-0.15, -0.1) is 0 Å². The molecule has 0 aliphatic carbocycles. The normalized spacial score (nSPS) is 10.1. The van der Waals surface area contributed by atoms with Crippen LogP contribution in [0.4, 0.5) is 23.0 Å². The van der Waals surface area contributed by atoms with Crippen LogP contribution in [0.3, 0.4) is 0 Å². The predicted molar refractivity (Wildman–Crippen MR) is 116 cm³/mol. The summed E-state index contributed by atoms with van der Waals surface area (Å²) >= 11 is 0. The molecule has 0 unspecified atom stereocenters. The Morgan fingerprint density at radius 2 is 1.69 bits per heavy atom. The Bertz CT molecular complexity index is 1140. The van der Waals surface area contributed by atoms with Crippen molar-refractivity contribution in [1.29, 1.82) is 0 Å². The number of rotatable bonds is 9. The van der Waals surface area contributed by atoms with Crippen LogP contribution in [0.2, 0.25) is 0 Å². The van der Waals surface area contributed by atoms with Gasteiger partial charge in [-0.3, -0.25) is 25.8 Å². The quantitative estimate of drug-likeness (QED) is 0.335. The molecule has 3 rings (SSSR count). The molecule has 2 aromatic carbocycles. The van der Waals surface area contributed by atoms with E-state index < -0.39 is 16.5 Å². The summed E-state index contributed by atoms with van der Waals surface area (Å²) in [5.74, 6) is 0.351. The molecule has 3 aromatic rings. The average molecular weight is 440 g/mol. The molecule has 1 amide bonds. The van der Waals surface area contributed by atoms with Crippen LogP contribution in [0.1, 0.15) is 10.4 Å². The van der Waals surface area contributed by atoms with Gasteiger partial charge in [0.05, 0.1) is 37.5 Å². The summed E-state index contributed by atoms with van der Waals surface area (Å²) in [5, 5.41) is 14.6. The molecular weight excluding hydrogens is 420 g/mol. The third kappa shape index (κ3) is 4.75. The van der Waals surface area contributed by atoms with Crippen LogP contribution in [-0.4, -0.2) is 42.1 Å². The van der Waals surface area contributed by atoms with E-state index in [1.54, 1.807) is 42.5 Å². The Balaban J connectivity index is 1.89.